The number of rotatable bonds is 5. The summed E-state index contributed by atoms with van der Waals surface area (Å²) in [5.41, 5.74) is 0. The molecule has 0 radical (unpaired) electrons. The Bertz CT molecular complexity index is 898. The number of ether oxygens (including phenoxy) is 1. The predicted octanol–water partition coefficient (Wildman–Crippen LogP) is 0.697. The topological polar surface area (TPSA) is 95.9 Å². The zero-order valence-electron chi connectivity index (χ0n) is 17.9. The van der Waals surface area contributed by atoms with Gasteiger partial charge >= 0.3 is 5.97 Å². The molecule has 0 bridgehead atoms. The number of hydrogen-bond acceptors (Lipinski definition) is 5. The van der Waals surface area contributed by atoms with Crippen LogP contribution in [0.2, 0.25) is 0 Å². The summed E-state index contributed by atoms with van der Waals surface area (Å²) in [4.78, 5) is 37.3. The number of carbonyl (C=O) groups excluding carboxylic acids is 2. The largest absolute Gasteiger partial charge is 0.484 e. The Labute approximate surface area is 150 Å². The van der Waals surface area contributed by atoms with Gasteiger partial charge in [0.1, 0.15) is 23.2 Å². The zero-order valence-corrected chi connectivity index (χ0v) is 13.7. The van der Waals surface area contributed by atoms with E-state index in [-0.39, 0.29) is 0 Å². The highest BCUT2D eigenvalue weighted by molar-refractivity contribution is 8.01. The van der Waals surface area contributed by atoms with Crippen LogP contribution >= 0.6 is 11.8 Å². The van der Waals surface area contributed by atoms with Gasteiger partial charge in [-0.05, 0) is 25.9 Å². The molecule has 2 aliphatic rings. The van der Waals surface area contributed by atoms with Crippen LogP contribution in [0.1, 0.15) is 20.7 Å². The predicted molar refractivity (Wildman–Crippen MR) is 87.6 cm³/mol. The summed E-state index contributed by atoms with van der Waals surface area (Å²) >= 11 is 1.27. The van der Waals surface area contributed by atoms with E-state index in [2.05, 4.69) is 5.32 Å². The molecule has 3 atom stereocenters. The van der Waals surface area contributed by atoms with Crippen LogP contribution < -0.4 is 10.1 Å². The fraction of sp³-hybridized carbons (Fsp3) is 0.438. The van der Waals surface area contributed by atoms with Gasteiger partial charge in [0.2, 0.25) is 5.91 Å². The van der Waals surface area contributed by atoms with Crippen molar-refractivity contribution in [3.8, 4) is 5.75 Å². The van der Waals surface area contributed by atoms with Crippen molar-refractivity contribution in [2.45, 2.75) is 36.1 Å². The third-order valence-electron chi connectivity index (χ3n) is 3.82. The number of aliphatic carboxylic acids is 1. The number of carboxylic acid groups (broad SMARTS) is 1. The SMILES string of the molecule is [2H]c1c([2H])c([2H])c(OCC(=O)N[C@H]2C(=O)N3[C@H]2SC(C)(C)[C@H]3C(=O)O)c([2H])c1[2H]. The maximum Gasteiger partial charge on any atom is 0.327 e. The van der Waals surface area contributed by atoms with Crippen molar-refractivity contribution in [3.05, 3.63) is 30.2 Å². The number of β-lactam (4-membered cyclic amide) rings is 1. The number of benzene rings is 1. The molecule has 0 spiro atoms. The van der Waals surface area contributed by atoms with E-state index in [1.165, 1.54) is 16.7 Å². The van der Waals surface area contributed by atoms with Gasteiger partial charge in [-0.2, -0.15) is 0 Å². The molecule has 2 aliphatic heterocycles. The second-order valence-corrected chi connectivity index (χ2v) is 7.66. The Morgan fingerprint density at radius 3 is 2.71 bits per heavy atom. The fourth-order valence-corrected chi connectivity index (χ4v) is 4.43. The highest BCUT2D eigenvalue weighted by atomic mass is 32.2. The van der Waals surface area contributed by atoms with Crippen molar-refractivity contribution in [3.63, 3.8) is 0 Å². The first-order valence-electron chi connectivity index (χ1n) is 9.60. The van der Waals surface area contributed by atoms with Gasteiger partial charge in [-0.15, -0.1) is 11.8 Å². The van der Waals surface area contributed by atoms with E-state index in [1.807, 2.05) is 0 Å². The standard InChI is InChI=1S/C16H18N2O5S/c1-16(2)12(15(21)22)18-13(20)11(14(18)24-16)17-10(19)8-23-9-6-4-3-5-7-9/h3-7,11-12,14H,8H2,1-2H3,(H,17,19)(H,21,22)/t11-,12+,14-/m0/s1/i3D,4D,5D,6D,7D. The van der Waals surface area contributed by atoms with Gasteiger partial charge in [0.15, 0.2) is 6.61 Å². The van der Waals surface area contributed by atoms with Crippen LogP contribution in [0, 0.1) is 0 Å². The molecule has 0 aliphatic carbocycles. The molecule has 7 nitrogen and oxygen atoms in total. The van der Waals surface area contributed by atoms with Gasteiger partial charge in [-0.3, -0.25) is 9.59 Å². The first-order valence-corrected chi connectivity index (χ1v) is 7.98. The quantitative estimate of drug-likeness (QED) is 0.755. The van der Waals surface area contributed by atoms with E-state index < -0.39 is 82.6 Å². The smallest absolute Gasteiger partial charge is 0.327 e. The lowest BCUT2D eigenvalue weighted by Gasteiger charge is -2.43. The minimum absolute atomic E-state index is 0.463. The zero-order chi connectivity index (χ0) is 21.8. The van der Waals surface area contributed by atoms with Crippen molar-refractivity contribution in [2.24, 2.45) is 0 Å². The molecule has 1 aromatic carbocycles. The number of nitrogens with zero attached hydrogens (tertiary/aromatic N) is 1. The summed E-state index contributed by atoms with van der Waals surface area (Å²) in [5, 5.41) is 11.3. The van der Waals surface area contributed by atoms with Crippen LogP contribution in [0.15, 0.2) is 30.2 Å². The molecule has 2 heterocycles. The van der Waals surface area contributed by atoms with Crippen molar-refractivity contribution in [2.75, 3.05) is 6.61 Å². The lowest BCUT2D eigenvalue weighted by atomic mass is 9.96. The fourth-order valence-electron chi connectivity index (χ4n) is 2.81. The number of nitrogens with one attached hydrogen (secondary N) is 1. The lowest BCUT2D eigenvalue weighted by Crippen LogP contribution is -2.70. The van der Waals surface area contributed by atoms with Crippen LogP contribution in [-0.4, -0.2) is 56.6 Å². The summed E-state index contributed by atoms with van der Waals surface area (Å²) < 4.78 is 42.6. The minimum atomic E-state index is -1.12. The molecular formula is C16H18N2O5S. The highest BCUT2D eigenvalue weighted by Crippen LogP contribution is 2.50. The molecular weight excluding hydrogens is 332 g/mol. The number of amides is 2. The number of thioether (sulfide) groups is 1. The molecule has 1 aromatic rings. The Balaban J connectivity index is 1.67. The maximum absolute atomic E-state index is 12.4. The molecule has 0 saturated carbocycles. The first kappa shape index (κ1) is 11.4. The second kappa shape index (κ2) is 6.01. The first-order chi connectivity index (χ1) is 13.4. The van der Waals surface area contributed by atoms with Gasteiger partial charge in [-0.1, -0.05) is 18.1 Å². The molecule has 0 unspecified atom stereocenters. The van der Waals surface area contributed by atoms with Gasteiger partial charge in [0.05, 0.1) is 6.85 Å². The van der Waals surface area contributed by atoms with E-state index in [9.17, 15) is 19.5 Å². The molecule has 2 fully saturated rings. The van der Waals surface area contributed by atoms with Crippen LogP contribution in [0.4, 0.5) is 0 Å². The van der Waals surface area contributed by atoms with Crippen LogP contribution in [0.3, 0.4) is 0 Å². The van der Waals surface area contributed by atoms with E-state index in [0.29, 0.717) is 0 Å². The van der Waals surface area contributed by atoms with Crippen LogP contribution in [0.25, 0.3) is 0 Å². The van der Waals surface area contributed by atoms with Crippen LogP contribution in [0.5, 0.6) is 5.75 Å². The molecule has 3 rings (SSSR count). The molecule has 2 saturated heterocycles. The monoisotopic (exact) mass is 355 g/mol. The lowest BCUT2D eigenvalue weighted by molar-refractivity contribution is -0.161. The normalized spacial score (nSPS) is 30.1. The van der Waals surface area contributed by atoms with Gasteiger partial charge in [0, 0.05) is 4.75 Å². The van der Waals surface area contributed by atoms with Crippen molar-refractivity contribution in [1.82, 2.24) is 10.2 Å². The Kier molecular flexibility index (Phi) is 2.84. The van der Waals surface area contributed by atoms with E-state index >= 15 is 0 Å². The average molecular weight is 355 g/mol. The Morgan fingerprint density at radius 1 is 1.42 bits per heavy atom. The minimum Gasteiger partial charge on any atom is -0.484 e. The van der Waals surface area contributed by atoms with Crippen LogP contribution in [-0.2, 0) is 14.4 Å². The number of carboxylic acids is 1. The van der Waals surface area contributed by atoms with Gasteiger partial charge in [0.25, 0.3) is 5.91 Å². The molecule has 8 heteroatoms. The molecule has 2 N–H and O–H groups in total. The van der Waals surface area contributed by atoms with E-state index in [1.54, 1.807) is 13.8 Å². The summed E-state index contributed by atoms with van der Waals surface area (Å²) in [6.45, 7) is 2.76. The second-order valence-electron chi connectivity index (χ2n) is 5.89. The van der Waals surface area contributed by atoms with Crippen molar-refractivity contribution in [1.29, 1.82) is 0 Å². The third-order valence-corrected chi connectivity index (χ3v) is 5.39. The van der Waals surface area contributed by atoms with Crippen molar-refractivity contribution >= 4 is 29.5 Å². The number of para-hydroxylation sites is 1. The number of hydrogen-bond donors (Lipinski definition) is 2. The number of carbonyl (C=O) groups is 3. The molecule has 0 aromatic heterocycles. The van der Waals surface area contributed by atoms with Gasteiger partial charge < -0.3 is 20.1 Å². The summed E-state index contributed by atoms with van der Waals surface area (Å²) in [6, 6.07) is -4.82. The maximum atomic E-state index is 12.4. The highest BCUT2D eigenvalue weighted by Gasteiger charge is 2.64. The molecule has 24 heavy (non-hydrogen) atoms. The third kappa shape index (κ3) is 2.82. The molecule has 128 valence electrons. The summed E-state index contributed by atoms with van der Waals surface area (Å²) in [7, 11) is 0. The van der Waals surface area contributed by atoms with Crippen molar-refractivity contribution < 1.29 is 31.1 Å². The molecule has 2 amide bonds. The van der Waals surface area contributed by atoms with E-state index in [4.69, 9.17) is 11.6 Å². The summed E-state index contributed by atoms with van der Waals surface area (Å²) in [5.74, 6) is -2.83. The Morgan fingerprint density at radius 2 is 2.08 bits per heavy atom. The van der Waals surface area contributed by atoms with E-state index in [0.717, 1.165) is 0 Å². The summed E-state index contributed by atoms with van der Waals surface area (Å²) in [6.07, 6.45) is 0. The average Bonchev–Trinajstić information content (AvgIpc) is 2.91. The Hall–Kier alpha value is -2.22. The number of fused-ring (bicyclic) bond motifs is 1. The van der Waals surface area contributed by atoms with Gasteiger partial charge in [-0.25, -0.2) is 4.79 Å².